The van der Waals surface area contributed by atoms with Crippen LogP contribution >= 0.6 is 11.3 Å². The normalized spacial score (nSPS) is 10.6. The number of nitrogens with zero attached hydrogens (tertiary/aromatic N) is 1. The third kappa shape index (κ3) is 3.40. The predicted octanol–water partition coefficient (Wildman–Crippen LogP) is 1.77. The Bertz CT molecular complexity index is 479. The Morgan fingerprint density at radius 1 is 1.59 bits per heavy atom. The first kappa shape index (κ1) is 11.8. The molecule has 2 aromatic rings. The minimum absolute atomic E-state index is 0.182. The number of nitrogens with one attached hydrogen (secondary N) is 1. The molecule has 0 fully saturated rings. The highest BCUT2D eigenvalue weighted by Crippen LogP contribution is 2.07. The van der Waals surface area contributed by atoms with Crippen molar-refractivity contribution in [3.63, 3.8) is 0 Å². The van der Waals surface area contributed by atoms with Gasteiger partial charge in [-0.2, -0.15) is 0 Å². The maximum atomic E-state index is 10.6. The van der Waals surface area contributed by atoms with Crippen LogP contribution in [0.1, 0.15) is 21.8 Å². The number of aromatic carboxylic acids is 1. The summed E-state index contributed by atoms with van der Waals surface area (Å²) >= 11 is 1.58. The lowest BCUT2D eigenvalue weighted by molar-refractivity contribution is 0.0696. The van der Waals surface area contributed by atoms with Gasteiger partial charge in [0.25, 0.3) is 0 Å². The van der Waals surface area contributed by atoms with Gasteiger partial charge in [-0.05, 0) is 6.07 Å². The minimum atomic E-state index is -0.970. The summed E-state index contributed by atoms with van der Waals surface area (Å²) in [6, 6.07) is 1.53. The number of carbonyl (C=O) groups is 1. The monoisotopic (exact) mass is 252 g/mol. The summed E-state index contributed by atoms with van der Waals surface area (Å²) < 4.78 is 5.11. The van der Waals surface area contributed by atoms with Crippen LogP contribution in [0.5, 0.6) is 0 Å². The molecular weight excluding hydrogens is 240 g/mol. The number of hydrogen-bond acceptors (Lipinski definition) is 5. The summed E-state index contributed by atoms with van der Waals surface area (Å²) in [7, 11) is 0. The van der Waals surface area contributed by atoms with E-state index >= 15 is 0 Å². The van der Waals surface area contributed by atoms with Crippen LogP contribution in [0.25, 0.3) is 0 Å². The molecule has 6 heteroatoms. The van der Waals surface area contributed by atoms with Crippen LogP contribution in [0, 0.1) is 0 Å². The molecule has 0 unspecified atom stereocenters. The fraction of sp³-hybridized carbons (Fsp3) is 0.273. The molecule has 5 nitrogen and oxygen atoms in total. The highest BCUT2D eigenvalue weighted by Gasteiger charge is 2.07. The molecule has 0 radical (unpaired) electrons. The van der Waals surface area contributed by atoms with Crippen LogP contribution in [0.15, 0.2) is 27.6 Å². The largest absolute Gasteiger partial charge is 0.478 e. The average Bonchev–Trinajstić information content (AvgIpc) is 2.96. The third-order valence-electron chi connectivity index (χ3n) is 2.24. The van der Waals surface area contributed by atoms with E-state index in [0.717, 1.165) is 18.7 Å². The lowest BCUT2D eigenvalue weighted by atomic mass is 10.3. The van der Waals surface area contributed by atoms with E-state index in [4.69, 9.17) is 9.52 Å². The summed E-state index contributed by atoms with van der Waals surface area (Å²) in [5, 5.41) is 13.9. The second-order valence-corrected chi connectivity index (χ2v) is 4.23. The standard InChI is InChI=1S/C11H12N2O3S/c14-11(15)8-3-10(16-5-8)4-12-2-1-9-6-17-7-13-9/h3,5-7,12H,1-2,4H2,(H,14,15). The van der Waals surface area contributed by atoms with Crippen LogP contribution < -0.4 is 5.32 Å². The lowest BCUT2D eigenvalue weighted by Gasteiger charge is -1.99. The molecule has 0 spiro atoms. The van der Waals surface area contributed by atoms with Crippen LogP contribution in [0.2, 0.25) is 0 Å². The van der Waals surface area contributed by atoms with Crippen molar-refractivity contribution in [1.82, 2.24) is 10.3 Å². The van der Waals surface area contributed by atoms with E-state index in [2.05, 4.69) is 10.3 Å². The van der Waals surface area contributed by atoms with Gasteiger partial charge in [0, 0.05) is 18.3 Å². The molecule has 2 aromatic heterocycles. The second kappa shape index (κ2) is 5.60. The fourth-order valence-electron chi connectivity index (χ4n) is 1.37. The van der Waals surface area contributed by atoms with Crippen LogP contribution in [-0.2, 0) is 13.0 Å². The number of aromatic nitrogens is 1. The molecule has 0 aliphatic carbocycles. The van der Waals surface area contributed by atoms with Gasteiger partial charge < -0.3 is 14.8 Å². The molecule has 0 saturated carbocycles. The zero-order valence-corrected chi connectivity index (χ0v) is 9.87. The quantitative estimate of drug-likeness (QED) is 0.766. The van der Waals surface area contributed by atoms with Gasteiger partial charge in [-0.3, -0.25) is 0 Å². The molecule has 0 bridgehead atoms. The second-order valence-electron chi connectivity index (χ2n) is 3.51. The number of rotatable bonds is 6. The highest BCUT2D eigenvalue weighted by atomic mass is 32.1. The molecule has 2 N–H and O–H groups in total. The Kier molecular flexibility index (Phi) is 3.89. The Labute approximate surface area is 102 Å². The molecule has 2 rings (SSSR count). The van der Waals surface area contributed by atoms with Gasteiger partial charge in [0.1, 0.15) is 12.0 Å². The summed E-state index contributed by atoms with van der Waals surface area (Å²) in [6.07, 6.45) is 2.11. The van der Waals surface area contributed by atoms with Crippen molar-refractivity contribution in [3.8, 4) is 0 Å². The molecule has 0 aliphatic rings. The van der Waals surface area contributed by atoms with Crippen molar-refractivity contribution in [2.75, 3.05) is 6.54 Å². The molecule has 0 saturated heterocycles. The fourth-order valence-corrected chi connectivity index (χ4v) is 1.97. The molecule has 90 valence electrons. The number of carboxylic acids is 1. The SMILES string of the molecule is O=C(O)c1coc(CNCCc2cscn2)c1. The van der Waals surface area contributed by atoms with Crippen LogP contribution in [-0.4, -0.2) is 22.6 Å². The Hall–Kier alpha value is -1.66. The molecule has 17 heavy (non-hydrogen) atoms. The van der Waals surface area contributed by atoms with Gasteiger partial charge in [0.05, 0.1) is 23.3 Å². The van der Waals surface area contributed by atoms with Gasteiger partial charge in [0.15, 0.2) is 0 Å². The molecule has 2 heterocycles. The van der Waals surface area contributed by atoms with Crippen molar-refractivity contribution in [2.45, 2.75) is 13.0 Å². The number of furan rings is 1. The lowest BCUT2D eigenvalue weighted by Crippen LogP contribution is -2.16. The van der Waals surface area contributed by atoms with Gasteiger partial charge in [-0.1, -0.05) is 0 Å². The predicted molar refractivity (Wildman–Crippen MR) is 63.2 cm³/mol. The molecule has 0 atom stereocenters. The summed E-state index contributed by atoms with van der Waals surface area (Å²) in [5.74, 6) is -0.344. The van der Waals surface area contributed by atoms with E-state index in [1.54, 1.807) is 16.8 Å². The van der Waals surface area contributed by atoms with Crippen molar-refractivity contribution in [2.24, 2.45) is 0 Å². The van der Waals surface area contributed by atoms with Crippen LogP contribution in [0.3, 0.4) is 0 Å². The molecule has 0 aromatic carbocycles. The number of carboxylic acid groups (broad SMARTS) is 1. The summed E-state index contributed by atoms with van der Waals surface area (Å²) in [4.78, 5) is 14.8. The van der Waals surface area contributed by atoms with Gasteiger partial charge in [0.2, 0.25) is 0 Å². The van der Waals surface area contributed by atoms with Gasteiger partial charge >= 0.3 is 5.97 Å². The van der Waals surface area contributed by atoms with Gasteiger partial charge in [-0.15, -0.1) is 11.3 Å². The van der Waals surface area contributed by atoms with E-state index in [9.17, 15) is 4.79 Å². The minimum Gasteiger partial charge on any atom is -0.478 e. The van der Waals surface area contributed by atoms with E-state index < -0.39 is 5.97 Å². The van der Waals surface area contributed by atoms with Crippen molar-refractivity contribution in [1.29, 1.82) is 0 Å². The zero-order chi connectivity index (χ0) is 12.1. The first-order valence-corrected chi connectivity index (χ1v) is 6.08. The zero-order valence-electron chi connectivity index (χ0n) is 9.05. The number of thiazole rings is 1. The maximum absolute atomic E-state index is 10.6. The first-order valence-electron chi connectivity index (χ1n) is 5.14. The average molecular weight is 252 g/mol. The van der Waals surface area contributed by atoms with Gasteiger partial charge in [-0.25, -0.2) is 9.78 Å². The Balaban J connectivity index is 1.72. The van der Waals surface area contributed by atoms with Crippen molar-refractivity contribution in [3.05, 3.63) is 40.2 Å². The Morgan fingerprint density at radius 2 is 2.47 bits per heavy atom. The maximum Gasteiger partial charge on any atom is 0.338 e. The molecule has 0 amide bonds. The van der Waals surface area contributed by atoms with E-state index in [-0.39, 0.29) is 5.56 Å². The molecule has 0 aliphatic heterocycles. The number of hydrogen-bond donors (Lipinski definition) is 2. The highest BCUT2D eigenvalue weighted by molar-refractivity contribution is 7.07. The molecular formula is C11H12N2O3S. The van der Waals surface area contributed by atoms with Crippen molar-refractivity contribution < 1.29 is 14.3 Å². The Morgan fingerprint density at radius 3 is 3.12 bits per heavy atom. The van der Waals surface area contributed by atoms with E-state index in [1.165, 1.54) is 12.3 Å². The van der Waals surface area contributed by atoms with Crippen molar-refractivity contribution >= 4 is 17.3 Å². The summed E-state index contributed by atoms with van der Waals surface area (Å²) in [5.41, 5.74) is 3.05. The van der Waals surface area contributed by atoms with Crippen LogP contribution in [0.4, 0.5) is 0 Å². The summed E-state index contributed by atoms with van der Waals surface area (Å²) in [6.45, 7) is 1.31. The topological polar surface area (TPSA) is 75.4 Å². The smallest absolute Gasteiger partial charge is 0.338 e. The first-order chi connectivity index (χ1) is 8.25. The third-order valence-corrected chi connectivity index (χ3v) is 2.88. The van der Waals surface area contributed by atoms with E-state index in [0.29, 0.717) is 12.3 Å². The van der Waals surface area contributed by atoms with E-state index in [1.807, 2.05) is 5.38 Å².